The van der Waals surface area contributed by atoms with Gasteiger partial charge in [-0.25, -0.2) is 0 Å². The van der Waals surface area contributed by atoms with Gasteiger partial charge in [-0.3, -0.25) is 5.43 Å². The van der Waals surface area contributed by atoms with Crippen LogP contribution in [0.1, 0.15) is 103 Å². The summed E-state index contributed by atoms with van der Waals surface area (Å²) < 4.78 is 5.97. The first-order valence-electron chi connectivity index (χ1n) is 12.0. The summed E-state index contributed by atoms with van der Waals surface area (Å²) in [6.07, 6.45) is 22.9. The molecule has 0 radical (unpaired) electrons. The number of unbranched alkanes of at least 4 members (excludes halogenated alkanes) is 10. The molecule has 0 saturated heterocycles. The number of nitrogens with zero attached hydrogens (tertiary/aromatic N) is 1. The van der Waals surface area contributed by atoms with E-state index in [4.69, 9.17) is 4.74 Å². The summed E-state index contributed by atoms with van der Waals surface area (Å²) in [6.45, 7) is 5.35. The molecule has 2 rings (SSSR count). The van der Waals surface area contributed by atoms with Crippen molar-refractivity contribution in [1.29, 1.82) is 0 Å². The lowest BCUT2D eigenvalue weighted by Crippen LogP contribution is -2.39. The maximum absolute atomic E-state index is 5.97. The van der Waals surface area contributed by atoms with E-state index in [1.165, 1.54) is 76.2 Å². The van der Waals surface area contributed by atoms with Gasteiger partial charge >= 0.3 is 0 Å². The molecule has 1 aliphatic rings. The van der Waals surface area contributed by atoms with Crippen molar-refractivity contribution >= 4 is 6.21 Å². The maximum Gasteiger partial charge on any atom is 0.119 e. The standard InChI is InChI=1S/C26H42N2O/c1-3-5-7-9-10-12-14-23-29-25-18-16-24(17-19-25)26(21-15-22-27-28-26)20-13-11-8-6-4-2/h15-19,21-22,28H,3-14,20,23H2,1-2H3. The average molecular weight is 399 g/mol. The average Bonchev–Trinajstić information content (AvgIpc) is 2.76. The minimum atomic E-state index is -0.183. The van der Waals surface area contributed by atoms with Gasteiger partial charge in [-0.15, -0.1) is 0 Å². The molecule has 1 aromatic rings. The second kappa shape index (κ2) is 14.3. The molecule has 1 heterocycles. The molecule has 0 bridgehead atoms. The van der Waals surface area contributed by atoms with Crippen molar-refractivity contribution in [3.63, 3.8) is 0 Å². The first-order valence-corrected chi connectivity index (χ1v) is 12.0. The first kappa shape index (κ1) is 23.5. The van der Waals surface area contributed by atoms with E-state index in [0.717, 1.165) is 25.2 Å². The number of allylic oxidation sites excluding steroid dienone is 1. The highest BCUT2D eigenvalue weighted by atomic mass is 16.5. The van der Waals surface area contributed by atoms with Crippen LogP contribution in [-0.4, -0.2) is 12.8 Å². The van der Waals surface area contributed by atoms with Gasteiger partial charge in [0.1, 0.15) is 5.75 Å². The van der Waals surface area contributed by atoms with Crippen LogP contribution in [0.15, 0.2) is 41.5 Å². The Morgan fingerprint density at radius 3 is 2.03 bits per heavy atom. The van der Waals surface area contributed by atoms with Crippen LogP contribution in [0.2, 0.25) is 0 Å². The highest BCUT2D eigenvalue weighted by Gasteiger charge is 2.29. The summed E-state index contributed by atoms with van der Waals surface area (Å²) >= 11 is 0. The Bertz CT molecular complexity index is 593. The Hall–Kier alpha value is -1.77. The second-order valence-corrected chi connectivity index (χ2v) is 8.38. The molecule has 0 fully saturated rings. The molecule has 1 aliphatic heterocycles. The Morgan fingerprint density at radius 1 is 0.793 bits per heavy atom. The zero-order valence-electron chi connectivity index (χ0n) is 18.8. The fourth-order valence-electron chi connectivity index (χ4n) is 3.99. The molecule has 0 spiro atoms. The van der Waals surface area contributed by atoms with Gasteiger partial charge in [0, 0.05) is 6.21 Å². The molecule has 0 saturated carbocycles. The van der Waals surface area contributed by atoms with Crippen molar-refractivity contribution in [1.82, 2.24) is 5.43 Å². The fourth-order valence-corrected chi connectivity index (χ4v) is 3.99. The lowest BCUT2D eigenvalue weighted by Gasteiger charge is -2.33. The van der Waals surface area contributed by atoms with Gasteiger partial charge in [0.2, 0.25) is 0 Å². The molecule has 0 aliphatic carbocycles. The van der Waals surface area contributed by atoms with Gasteiger partial charge in [-0.05, 0) is 36.6 Å². The quantitative estimate of drug-likeness (QED) is 0.292. The summed E-state index contributed by atoms with van der Waals surface area (Å²) in [7, 11) is 0. The molecular formula is C26H42N2O. The summed E-state index contributed by atoms with van der Waals surface area (Å²) in [5, 5.41) is 4.35. The third-order valence-electron chi connectivity index (χ3n) is 5.87. The molecule has 1 aromatic carbocycles. The topological polar surface area (TPSA) is 33.6 Å². The lowest BCUT2D eigenvalue weighted by atomic mass is 9.84. The van der Waals surface area contributed by atoms with E-state index in [2.05, 4.69) is 60.8 Å². The molecule has 3 nitrogen and oxygen atoms in total. The number of benzene rings is 1. The summed E-state index contributed by atoms with van der Waals surface area (Å²) in [5.41, 5.74) is 4.47. The van der Waals surface area contributed by atoms with Crippen LogP contribution in [0, 0.1) is 0 Å². The van der Waals surface area contributed by atoms with Gasteiger partial charge in [-0.2, -0.15) is 5.10 Å². The highest BCUT2D eigenvalue weighted by Crippen LogP contribution is 2.32. The van der Waals surface area contributed by atoms with Crippen LogP contribution in [0.4, 0.5) is 0 Å². The fraction of sp³-hybridized carbons (Fsp3) is 0.654. The zero-order chi connectivity index (χ0) is 20.6. The molecule has 0 amide bonds. The number of ether oxygens (including phenoxy) is 1. The monoisotopic (exact) mass is 398 g/mol. The van der Waals surface area contributed by atoms with Crippen molar-refractivity contribution in [3.05, 3.63) is 42.0 Å². The Balaban J connectivity index is 1.78. The summed E-state index contributed by atoms with van der Waals surface area (Å²) in [6, 6.07) is 8.63. The molecule has 1 unspecified atom stereocenters. The molecule has 29 heavy (non-hydrogen) atoms. The molecule has 0 aromatic heterocycles. The van der Waals surface area contributed by atoms with E-state index >= 15 is 0 Å². The van der Waals surface area contributed by atoms with Gasteiger partial charge < -0.3 is 4.74 Å². The lowest BCUT2D eigenvalue weighted by molar-refractivity contribution is 0.303. The van der Waals surface area contributed by atoms with Gasteiger partial charge in [0.05, 0.1) is 12.1 Å². The Morgan fingerprint density at radius 2 is 1.41 bits per heavy atom. The van der Waals surface area contributed by atoms with Crippen molar-refractivity contribution in [2.45, 2.75) is 103 Å². The second-order valence-electron chi connectivity index (χ2n) is 8.38. The zero-order valence-corrected chi connectivity index (χ0v) is 18.8. The summed E-state index contributed by atoms with van der Waals surface area (Å²) in [4.78, 5) is 0. The van der Waals surface area contributed by atoms with E-state index in [-0.39, 0.29) is 5.54 Å². The van der Waals surface area contributed by atoms with Crippen LogP contribution in [0.5, 0.6) is 5.75 Å². The smallest absolute Gasteiger partial charge is 0.119 e. The van der Waals surface area contributed by atoms with Crippen molar-refractivity contribution in [2.24, 2.45) is 5.10 Å². The van der Waals surface area contributed by atoms with Gasteiger partial charge in [0.25, 0.3) is 0 Å². The Labute approximate surface area is 179 Å². The third kappa shape index (κ3) is 8.64. The maximum atomic E-state index is 5.97. The highest BCUT2D eigenvalue weighted by molar-refractivity contribution is 5.72. The predicted molar refractivity (Wildman–Crippen MR) is 126 cm³/mol. The third-order valence-corrected chi connectivity index (χ3v) is 5.87. The molecule has 3 heteroatoms. The van der Waals surface area contributed by atoms with E-state index in [9.17, 15) is 0 Å². The minimum Gasteiger partial charge on any atom is -0.494 e. The van der Waals surface area contributed by atoms with Gasteiger partial charge in [0.15, 0.2) is 0 Å². The van der Waals surface area contributed by atoms with E-state index in [1.54, 1.807) is 0 Å². The van der Waals surface area contributed by atoms with Crippen LogP contribution in [-0.2, 0) is 5.54 Å². The number of rotatable bonds is 16. The van der Waals surface area contributed by atoms with Gasteiger partial charge in [-0.1, -0.05) is 103 Å². The Kier molecular flexibility index (Phi) is 11.6. The summed E-state index contributed by atoms with van der Waals surface area (Å²) in [5.74, 6) is 0.973. The predicted octanol–water partition coefficient (Wildman–Crippen LogP) is 7.52. The SMILES string of the molecule is CCCCCCCCCOc1ccc(C2(CCCCCCC)C=CC=NN2)cc1. The van der Waals surface area contributed by atoms with Crippen LogP contribution >= 0.6 is 0 Å². The minimum absolute atomic E-state index is 0.183. The van der Waals surface area contributed by atoms with Crippen LogP contribution in [0.3, 0.4) is 0 Å². The number of hydrogen-bond donors (Lipinski definition) is 1. The van der Waals surface area contributed by atoms with Crippen molar-refractivity contribution < 1.29 is 4.74 Å². The number of nitrogens with one attached hydrogen (secondary N) is 1. The van der Waals surface area contributed by atoms with Crippen molar-refractivity contribution in [3.8, 4) is 5.75 Å². The first-order chi connectivity index (χ1) is 14.3. The molecular weight excluding hydrogens is 356 g/mol. The molecule has 162 valence electrons. The van der Waals surface area contributed by atoms with Crippen LogP contribution < -0.4 is 10.2 Å². The number of hydrogen-bond acceptors (Lipinski definition) is 3. The van der Waals surface area contributed by atoms with Crippen molar-refractivity contribution in [2.75, 3.05) is 6.61 Å². The normalized spacial score (nSPS) is 18.0. The largest absolute Gasteiger partial charge is 0.494 e. The van der Waals surface area contributed by atoms with E-state index in [0.29, 0.717) is 0 Å². The van der Waals surface area contributed by atoms with Crippen LogP contribution in [0.25, 0.3) is 0 Å². The van der Waals surface area contributed by atoms with E-state index in [1.807, 2.05) is 6.21 Å². The number of hydrazone groups is 1. The molecule has 1 N–H and O–H groups in total. The van der Waals surface area contributed by atoms with E-state index < -0.39 is 0 Å². The molecule has 1 atom stereocenters.